The van der Waals surface area contributed by atoms with Crippen molar-refractivity contribution in [2.24, 2.45) is 0 Å². The van der Waals surface area contributed by atoms with Crippen molar-refractivity contribution in [3.05, 3.63) is 91.7 Å². The molecule has 0 bridgehead atoms. The Kier molecular flexibility index (Phi) is 5.43. The second-order valence-corrected chi connectivity index (χ2v) is 8.29. The van der Waals surface area contributed by atoms with Crippen LogP contribution in [0.1, 0.15) is 5.56 Å². The second kappa shape index (κ2) is 8.55. The summed E-state index contributed by atoms with van der Waals surface area (Å²) in [7, 11) is 0. The first-order chi connectivity index (χ1) is 16.0. The highest BCUT2D eigenvalue weighted by Crippen LogP contribution is 2.32. The van der Waals surface area contributed by atoms with Crippen LogP contribution in [-0.4, -0.2) is 26.8 Å². The molecule has 0 radical (unpaired) electrons. The van der Waals surface area contributed by atoms with Crippen LogP contribution in [0.25, 0.3) is 11.0 Å². The monoisotopic (exact) mass is 508 g/mol. The molecule has 0 atom stereocenters. The minimum atomic E-state index is -0.607. The molecule has 4 aromatic rings. The largest absolute Gasteiger partial charge is 0.454 e. The van der Waals surface area contributed by atoms with E-state index in [9.17, 15) is 14.4 Å². The molecule has 0 spiro atoms. The fourth-order valence-corrected chi connectivity index (χ4v) is 3.90. The van der Waals surface area contributed by atoms with E-state index in [1.165, 1.54) is 10.8 Å². The molecular formula is C23H17BrN4O5. The molecule has 5 rings (SSSR count). The van der Waals surface area contributed by atoms with Gasteiger partial charge in [0.1, 0.15) is 6.54 Å². The molecule has 0 aliphatic carbocycles. The highest BCUT2D eigenvalue weighted by molar-refractivity contribution is 9.10. The zero-order valence-electron chi connectivity index (χ0n) is 17.2. The zero-order valence-corrected chi connectivity index (χ0v) is 18.7. The molecule has 33 heavy (non-hydrogen) atoms. The summed E-state index contributed by atoms with van der Waals surface area (Å²) in [4.78, 5) is 43.3. The maximum absolute atomic E-state index is 13.3. The van der Waals surface area contributed by atoms with Crippen molar-refractivity contribution in [1.82, 2.24) is 14.1 Å². The number of hydrogen-bond acceptors (Lipinski definition) is 6. The third-order valence-electron chi connectivity index (χ3n) is 5.19. The number of halogens is 1. The Labute approximate surface area is 195 Å². The Balaban J connectivity index is 1.52. The van der Waals surface area contributed by atoms with Gasteiger partial charge in [0, 0.05) is 16.4 Å². The highest BCUT2D eigenvalue weighted by atomic mass is 79.9. The summed E-state index contributed by atoms with van der Waals surface area (Å²) < 4.78 is 13.9. The van der Waals surface area contributed by atoms with Crippen molar-refractivity contribution in [3.63, 3.8) is 0 Å². The molecule has 10 heteroatoms. The van der Waals surface area contributed by atoms with Gasteiger partial charge in [0.25, 0.3) is 5.56 Å². The lowest BCUT2D eigenvalue weighted by Crippen LogP contribution is -2.42. The van der Waals surface area contributed by atoms with Crippen molar-refractivity contribution >= 4 is 38.6 Å². The number of nitrogens with one attached hydrogen (secondary N) is 1. The number of carbonyl (C=O) groups is 1. The van der Waals surface area contributed by atoms with Gasteiger partial charge < -0.3 is 14.8 Å². The molecule has 0 saturated carbocycles. The van der Waals surface area contributed by atoms with E-state index >= 15 is 0 Å². The van der Waals surface area contributed by atoms with E-state index in [4.69, 9.17) is 9.47 Å². The van der Waals surface area contributed by atoms with Gasteiger partial charge in [-0.15, -0.1) is 0 Å². The number of ether oxygens (including phenoxy) is 2. The van der Waals surface area contributed by atoms with E-state index in [-0.39, 0.29) is 25.4 Å². The number of amides is 1. The van der Waals surface area contributed by atoms with Gasteiger partial charge in [0.2, 0.25) is 12.7 Å². The molecule has 0 saturated heterocycles. The van der Waals surface area contributed by atoms with E-state index in [1.54, 1.807) is 54.6 Å². The fourth-order valence-electron chi connectivity index (χ4n) is 3.63. The number of nitrogens with zero attached hydrogens (tertiary/aromatic N) is 3. The molecule has 2 aromatic heterocycles. The van der Waals surface area contributed by atoms with E-state index < -0.39 is 17.2 Å². The molecule has 9 nitrogen and oxygen atoms in total. The summed E-state index contributed by atoms with van der Waals surface area (Å²) >= 11 is 3.35. The summed E-state index contributed by atoms with van der Waals surface area (Å²) in [5.74, 6) is 0.750. The van der Waals surface area contributed by atoms with Gasteiger partial charge in [-0.05, 0) is 54.1 Å². The van der Waals surface area contributed by atoms with Crippen molar-refractivity contribution in [1.29, 1.82) is 0 Å². The first-order valence-electron chi connectivity index (χ1n) is 10.0. The average Bonchev–Trinajstić information content (AvgIpc) is 3.29. The smallest absolute Gasteiger partial charge is 0.332 e. The third kappa shape index (κ3) is 4.12. The molecule has 1 amide bonds. The Morgan fingerprint density at radius 2 is 1.82 bits per heavy atom. The number of pyridine rings is 1. The first kappa shape index (κ1) is 21.0. The van der Waals surface area contributed by atoms with Crippen molar-refractivity contribution < 1.29 is 14.3 Å². The Bertz CT molecular complexity index is 1490. The minimum Gasteiger partial charge on any atom is -0.454 e. The lowest BCUT2D eigenvalue weighted by Gasteiger charge is -2.14. The lowest BCUT2D eigenvalue weighted by molar-refractivity contribution is -0.116. The van der Waals surface area contributed by atoms with E-state index in [0.29, 0.717) is 28.3 Å². The maximum Gasteiger partial charge on any atom is 0.332 e. The minimum absolute atomic E-state index is 0.00481. The summed E-state index contributed by atoms with van der Waals surface area (Å²) in [6.07, 6.45) is 1.48. The second-order valence-electron chi connectivity index (χ2n) is 7.37. The quantitative estimate of drug-likeness (QED) is 0.444. The fraction of sp³-hybridized carbons (Fsp3) is 0.130. The predicted octanol–water partition coefficient (Wildman–Crippen LogP) is 2.74. The summed E-state index contributed by atoms with van der Waals surface area (Å²) in [6, 6.07) is 15.5. The Hall–Kier alpha value is -3.92. The van der Waals surface area contributed by atoms with E-state index in [2.05, 4.69) is 26.2 Å². The summed E-state index contributed by atoms with van der Waals surface area (Å²) in [6.45, 7) is -0.160. The molecule has 0 unspecified atom stereocenters. The number of anilines is 1. The van der Waals surface area contributed by atoms with Gasteiger partial charge in [-0.25, -0.2) is 9.78 Å². The Morgan fingerprint density at radius 1 is 1.03 bits per heavy atom. The number of hydrogen-bond donors (Lipinski definition) is 1. The van der Waals surface area contributed by atoms with E-state index in [1.807, 2.05) is 0 Å². The molecule has 1 aliphatic heterocycles. The normalized spacial score (nSPS) is 12.2. The topological polar surface area (TPSA) is 104 Å². The van der Waals surface area contributed by atoms with Crippen LogP contribution in [0.2, 0.25) is 0 Å². The van der Waals surface area contributed by atoms with Crippen molar-refractivity contribution in [2.45, 2.75) is 13.1 Å². The van der Waals surface area contributed by atoms with Gasteiger partial charge in [-0.3, -0.25) is 18.7 Å². The maximum atomic E-state index is 13.3. The van der Waals surface area contributed by atoms with Crippen molar-refractivity contribution in [3.8, 4) is 11.5 Å². The summed E-state index contributed by atoms with van der Waals surface area (Å²) in [5.41, 5.74) is 0.531. The molecule has 1 aliphatic rings. The molecule has 1 N–H and O–H groups in total. The number of benzene rings is 2. The predicted molar refractivity (Wildman–Crippen MR) is 125 cm³/mol. The third-order valence-corrected chi connectivity index (χ3v) is 5.72. The van der Waals surface area contributed by atoms with Gasteiger partial charge in [-0.1, -0.05) is 22.0 Å². The molecule has 166 valence electrons. The van der Waals surface area contributed by atoms with Crippen LogP contribution in [0.15, 0.2) is 74.9 Å². The number of rotatable bonds is 5. The SMILES string of the molecule is O=C(Cn1c(=O)n(Cc2ccc3c(c2)OCO3)c(=O)c2ncccc21)Nc1ccc(Br)cc1. The Morgan fingerprint density at radius 3 is 2.64 bits per heavy atom. The standard InChI is InChI=1S/C23H17BrN4O5/c24-15-4-6-16(7-5-15)26-20(29)12-27-17-2-1-9-25-21(17)22(30)28(23(27)31)11-14-3-8-18-19(10-14)33-13-32-18/h1-10H,11-13H2,(H,26,29). The zero-order chi connectivity index (χ0) is 22.9. The van der Waals surface area contributed by atoms with Crippen LogP contribution >= 0.6 is 15.9 Å². The van der Waals surface area contributed by atoms with Gasteiger partial charge in [0.05, 0.1) is 12.1 Å². The van der Waals surface area contributed by atoms with Gasteiger partial charge >= 0.3 is 5.69 Å². The van der Waals surface area contributed by atoms with Gasteiger partial charge in [0.15, 0.2) is 17.0 Å². The highest BCUT2D eigenvalue weighted by Gasteiger charge is 2.18. The van der Waals surface area contributed by atoms with Crippen LogP contribution in [0, 0.1) is 0 Å². The first-order valence-corrected chi connectivity index (χ1v) is 10.8. The molecule has 3 heterocycles. The van der Waals surface area contributed by atoms with Crippen LogP contribution in [0.5, 0.6) is 11.5 Å². The van der Waals surface area contributed by atoms with Gasteiger partial charge in [-0.2, -0.15) is 0 Å². The lowest BCUT2D eigenvalue weighted by atomic mass is 10.2. The molecular weight excluding hydrogens is 492 g/mol. The molecule has 2 aromatic carbocycles. The summed E-state index contributed by atoms with van der Waals surface area (Å²) in [5, 5.41) is 2.76. The van der Waals surface area contributed by atoms with E-state index in [0.717, 1.165) is 9.04 Å². The van der Waals surface area contributed by atoms with Crippen LogP contribution in [-0.2, 0) is 17.9 Å². The van der Waals surface area contributed by atoms with Crippen LogP contribution in [0.4, 0.5) is 5.69 Å². The number of fused-ring (bicyclic) bond motifs is 2. The van der Waals surface area contributed by atoms with Crippen LogP contribution in [0.3, 0.4) is 0 Å². The number of aromatic nitrogens is 3. The average molecular weight is 509 g/mol. The number of carbonyl (C=O) groups excluding carboxylic acids is 1. The molecule has 0 fully saturated rings. The van der Waals surface area contributed by atoms with Crippen LogP contribution < -0.4 is 26.0 Å². The van der Waals surface area contributed by atoms with Crippen molar-refractivity contribution in [2.75, 3.05) is 12.1 Å².